The van der Waals surface area contributed by atoms with Gasteiger partial charge in [-0.15, -0.1) is 11.3 Å². The fourth-order valence-electron chi connectivity index (χ4n) is 3.29. The van der Waals surface area contributed by atoms with Crippen LogP contribution >= 0.6 is 11.3 Å². The second-order valence-electron chi connectivity index (χ2n) is 6.28. The molecule has 6 nitrogen and oxygen atoms in total. The molecule has 2 aromatic heterocycles. The SMILES string of the molecule is Nc1cnnc2cc(-c3cc4c(cc3-c3nccs3)OCCOB4)ccc12. The summed E-state index contributed by atoms with van der Waals surface area (Å²) in [6.45, 7) is 1.13. The van der Waals surface area contributed by atoms with E-state index in [4.69, 9.17) is 15.1 Å². The molecule has 0 atom stereocenters. The molecule has 5 rings (SSSR count). The van der Waals surface area contributed by atoms with Crippen molar-refractivity contribution in [2.75, 3.05) is 18.9 Å². The zero-order chi connectivity index (χ0) is 18.2. The van der Waals surface area contributed by atoms with E-state index < -0.39 is 0 Å². The molecule has 0 saturated carbocycles. The molecule has 0 saturated heterocycles. The monoisotopic (exact) mass is 374 g/mol. The van der Waals surface area contributed by atoms with Crippen LogP contribution in [0.1, 0.15) is 0 Å². The molecule has 1 aliphatic rings. The van der Waals surface area contributed by atoms with Gasteiger partial charge in [-0.3, -0.25) is 0 Å². The minimum atomic E-state index is 0.529. The van der Waals surface area contributed by atoms with Gasteiger partial charge in [0.05, 0.1) is 24.0 Å². The lowest BCUT2D eigenvalue weighted by Gasteiger charge is -2.14. The lowest BCUT2D eigenvalue weighted by molar-refractivity contribution is 0.236. The number of rotatable bonds is 2. The Hall–Kier alpha value is -2.97. The van der Waals surface area contributed by atoms with Crippen molar-refractivity contribution in [2.24, 2.45) is 0 Å². The van der Waals surface area contributed by atoms with Gasteiger partial charge in [0, 0.05) is 22.5 Å². The summed E-state index contributed by atoms with van der Waals surface area (Å²) in [7, 11) is 0.529. The number of anilines is 1. The minimum Gasteiger partial charge on any atom is -0.492 e. The summed E-state index contributed by atoms with van der Waals surface area (Å²) in [4.78, 5) is 4.51. The van der Waals surface area contributed by atoms with E-state index in [2.05, 4.69) is 33.4 Å². The van der Waals surface area contributed by atoms with Crippen LogP contribution in [0.4, 0.5) is 5.69 Å². The molecule has 132 valence electrons. The van der Waals surface area contributed by atoms with Gasteiger partial charge >= 0.3 is 7.48 Å². The number of nitrogens with two attached hydrogens (primary N) is 1. The molecule has 4 aromatic rings. The maximum absolute atomic E-state index is 6.02. The Balaban J connectivity index is 1.74. The number of benzene rings is 2. The predicted octanol–water partition coefficient (Wildman–Crippen LogP) is 2.39. The summed E-state index contributed by atoms with van der Waals surface area (Å²) in [5, 5.41) is 12.0. The van der Waals surface area contributed by atoms with Gasteiger partial charge in [-0.05, 0) is 34.8 Å². The standard InChI is InChI=1S/C19H15BN4O2S/c21-16-10-23-24-17-7-11(1-2-12(16)17)13-8-15-18(25-4-5-26-20-15)9-14(13)19-22-3-6-27-19/h1-3,6-10,20H,4-5H2,(H2,21,24). The molecule has 0 fully saturated rings. The number of nitrogens with zero attached hydrogens (tertiary/aromatic N) is 3. The first-order valence-corrected chi connectivity index (χ1v) is 9.46. The van der Waals surface area contributed by atoms with E-state index in [1.54, 1.807) is 17.5 Å². The number of hydrogen-bond acceptors (Lipinski definition) is 7. The number of hydrogen-bond donors (Lipinski definition) is 1. The zero-order valence-corrected chi connectivity index (χ0v) is 15.2. The summed E-state index contributed by atoms with van der Waals surface area (Å²) < 4.78 is 11.5. The lowest BCUT2D eigenvalue weighted by atomic mass is 9.83. The molecule has 0 radical (unpaired) electrons. The first-order chi connectivity index (χ1) is 13.3. The highest BCUT2D eigenvalue weighted by Crippen LogP contribution is 2.36. The molecule has 0 bridgehead atoms. The van der Waals surface area contributed by atoms with E-state index in [1.165, 1.54) is 0 Å². The number of nitrogen functional groups attached to an aromatic ring is 1. The smallest absolute Gasteiger partial charge is 0.312 e. The molecule has 1 aliphatic heterocycles. The Labute approximate surface area is 160 Å². The van der Waals surface area contributed by atoms with E-state index in [0.717, 1.165) is 43.8 Å². The molecule has 0 unspecified atom stereocenters. The average Bonchev–Trinajstić information content (AvgIpc) is 3.13. The molecule has 0 amide bonds. The summed E-state index contributed by atoms with van der Waals surface area (Å²) in [6.07, 6.45) is 3.38. The lowest BCUT2D eigenvalue weighted by Crippen LogP contribution is -2.17. The van der Waals surface area contributed by atoms with Gasteiger partial charge in [-0.25, -0.2) is 4.98 Å². The average molecular weight is 374 g/mol. The van der Waals surface area contributed by atoms with Crippen molar-refractivity contribution in [3.05, 3.63) is 48.1 Å². The Morgan fingerprint density at radius 3 is 2.96 bits per heavy atom. The second kappa shape index (κ2) is 6.64. The number of thiazole rings is 1. The van der Waals surface area contributed by atoms with Crippen LogP contribution in [0.3, 0.4) is 0 Å². The van der Waals surface area contributed by atoms with Gasteiger partial charge in [0.1, 0.15) is 17.4 Å². The van der Waals surface area contributed by atoms with Crippen molar-refractivity contribution in [1.29, 1.82) is 0 Å². The Kier molecular flexibility index (Phi) is 3.99. The number of fused-ring (bicyclic) bond motifs is 2. The summed E-state index contributed by atoms with van der Waals surface area (Å²) >= 11 is 1.60. The number of ether oxygens (including phenoxy) is 1. The highest BCUT2D eigenvalue weighted by Gasteiger charge is 2.19. The molecular formula is C19H15BN4O2S. The van der Waals surface area contributed by atoms with Crippen LogP contribution in [0, 0.1) is 0 Å². The second-order valence-corrected chi connectivity index (χ2v) is 7.17. The first-order valence-electron chi connectivity index (χ1n) is 8.58. The van der Waals surface area contributed by atoms with E-state index in [9.17, 15) is 0 Å². The van der Waals surface area contributed by atoms with Crippen LogP contribution in [-0.4, -0.2) is 35.9 Å². The molecule has 0 spiro atoms. The van der Waals surface area contributed by atoms with Crippen molar-refractivity contribution < 1.29 is 9.39 Å². The van der Waals surface area contributed by atoms with Gasteiger partial charge in [0.25, 0.3) is 0 Å². The van der Waals surface area contributed by atoms with Crippen LogP contribution < -0.4 is 15.9 Å². The Morgan fingerprint density at radius 1 is 1.11 bits per heavy atom. The van der Waals surface area contributed by atoms with E-state index in [1.807, 2.05) is 23.7 Å². The predicted molar refractivity (Wildman–Crippen MR) is 109 cm³/mol. The highest BCUT2D eigenvalue weighted by molar-refractivity contribution is 7.13. The Bertz CT molecular complexity index is 1130. The van der Waals surface area contributed by atoms with Crippen LogP contribution in [-0.2, 0) is 4.65 Å². The maximum atomic E-state index is 6.02. The minimum absolute atomic E-state index is 0.529. The van der Waals surface area contributed by atoms with Crippen LogP contribution in [0.5, 0.6) is 5.75 Å². The molecule has 27 heavy (non-hydrogen) atoms. The van der Waals surface area contributed by atoms with Crippen molar-refractivity contribution >= 4 is 40.9 Å². The summed E-state index contributed by atoms with van der Waals surface area (Å²) in [5.41, 5.74) is 11.5. The van der Waals surface area contributed by atoms with Gasteiger partial charge in [0.15, 0.2) is 0 Å². The zero-order valence-electron chi connectivity index (χ0n) is 14.4. The summed E-state index contributed by atoms with van der Waals surface area (Å²) in [5.74, 6) is 0.853. The fourth-order valence-corrected chi connectivity index (χ4v) is 3.95. The van der Waals surface area contributed by atoms with E-state index in [-0.39, 0.29) is 0 Å². The number of aromatic nitrogens is 3. The Morgan fingerprint density at radius 2 is 2.07 bits per heavy atom. The van der Waals surface area contributed by atoms with Crippen molar-refractivity contribution in [2.45, 2.75) is 0 Å². The van der Waals surface area contributed by atoms with Crippen molar-refractivity contribution in [3.63, 3.8) is 0 Å². The first kappa shape index (κ1) is 16.2. The van der Waals surface area contributed by atoms with Crippen molar-refractivity contribution in [3.8, 4) is 27.4 Å². The third-order valence-corrected chi connectivity index (χ3v) is 5.39. The molecule has 0 aliphatic carbocycles. The normalized spacial score (nSPS) is 13.5. The van der Waals surface area contributed by atoms with Gasteiger partial charge in [0.2, 0.25) is 0 Å². The van der Waals surface area contributed by atoms with E-state index >= 15 is 0 Å². The molecule has 8 heteroatoms. The fraction of sp³-hybridized carbons (Fsp3) is 0.105. The van der Waals surface area contributed by atoms with Crippen LogP contribution in [0.15, 0.2) is 48.1 Å². The van der Waals surface area contributed by atoms with E-state index in [0.29, 0.717) is 26.4 Å². The molecular weight excluding hydrogens is 359 g/mol. The van der Waals surface area contributed by atoms with Gasteiger partial charge in [-0.1, -0.05) is 12.1 Å². The molecule has 2 N–H and O–H groups in total. The third kappa shape index (κ3) is 2.92. The molecule has 2 aromatic carbocycles. The highest BCUT2D eigenvalue weighted by atomic mass is 32.1. The van der Waals surface area contributed by atoms with Crippen molar-refractivity contribution in [1.82, 2.24) is 15.2 Å². The van der Waals surface area contributed by atoms with Gasteiger partial charge in [-0.2, -0.15) is 10.2 Å². The maximum Gasteiger partial charge on any atom is 0.312 e. The van der Waals surface area contributed by atoms with Gasteiger partial charge < -0.3 is 15.1 Å². The quantitative estimate of drug-likeness (QED) is 0.543. The third-order valence-electron chi connectivity index (χ3n) is 4.59. The largest absolute Gasteiger partial charge is 0.492 e. The molecule has 3 heterocycles. The topological polar surface area (TPSA) is 83.2 Å². The van der Waals surface area contributed by atoms with Crippen LogP contribution in [0.25, 0.3) is 32.6 Å². The summed E-state index contributed by atoms with van der Waals surface area (Å²) in [6, 6.07) is 10.2. The van der Waals surface area contributed by atoms with Crippen LogP contribution in [0.2, 0.25) is 0 Å².